The quantitative estimate of drug-likeness (QED) is 0.829. The third-order valence-corrected chi connectivity index (χ3v) is 4.59. The van der Waals surface area contributed by atoms with Crippen molar-refractivity contribution in [1.82, 2.24) is 15.1 Å². The molecule has 1 unspecified atom stereocenters. The third-order valence-electron chi connectivity index (χ3n) is 4.59. The molecule has 7 heteroatoms. The Morgan fingerprint density at radius 2 is 2.04 bits per heavy atom. The largest absolute Gasteiger partial charge is 0.466 e. The van der Waals surface area contributed by atoms with Crippen molar-refractivity contribution in [3.63, 3.8) is 0 Å². The number of aromatic nitrogens is 2. The van der Waals surface area contributed by atoms with Crippen molar-refractivity contribution in [1.29, 1.82) is 0 Å². The van der Waals surface area contributed by atoms with Crippen LogP contribution >= 0.6 is 0 Å². The van der Waals surface area contributed by atoms with Gasteiger partial charge in [-0.2, -0.15) is 5.10 Å². The van der Waals surface area contributed by atoms with Crippen LogP contribution in [0.4, 0.5) is 5.69 Å². The van der Waals surface area contributed by atoms with Crippen molar-refractivity contribution in [2.24, 2.45) is 0 Å². The number of hydrogen-bond acceptors (Lipinski definition) is 4. The van der Waals surface area contributed by atoms with Crippen LogP contribution < -0.4 is 15.0 Å². The summed E-state index contributed by atoms with van der Waals surface area (Å²) in [5.41, 5.74) is 1.06. The second-order valence-corrected chi connectivity index (χ2v) is 6.56. The highest BCUT2D eigenvalue weighted by atomic mass is 16.5. The molecule has 1 aromatic carbocycles. The van der Waals surface area contributed by atoms with E-state index in [0.29, 0.717) is 31.1 Å². The minimum absolute atomic E-state index is 0.359. The standard InChI is InChI=1S/C19H24N4O3/c1-5-22-15-8-6-7-9-16(15)26-19(4,18(22)25)17(24)20-10-11-23-14(3)12-13(2)21-23/h6-9,12H,5,10-11H2,1-4H3,(H,20,24). The lowest BCUT2D eigenvalue weighted by Gasteiger charge is -2.39. The molecule has 2 aromatic rings. The minimum atomic E-state index is -1.58. The van der Waals surface area contributed by atoms with E-state index < -0.39 is 11.5 Å². The Labute approximate surface area is 152 Å². The number of nitrogens with one attached hydrogen (secondary N) is 1. The molecule has 0 fully saturated rings. The zero-order valence-corrected chi connectivity index (χ0v) is 15.6. The van der Waals surface area contributed by atoms with Crippen LogP contribution in [0.15, 0.2) is 30.3 Å². The number of carbonyl (C=O) groups is 2. The average molecular weight is 356 g/mol. The Morgan fingerprint density at radius 3 is 2.69 bits per heavy atom. The van der Waals surface area contributed by atoms with Gasteiger partial charge in [0.15, 0.2) is 0 Å². The van der Waals surface area contributed by atoms with Gasteiger partial charge < -0.3 is 15.0 Å². The number of hydrogen-bond donors (Lipinski definition) is 1. The molecular formula is C19H24N4O3. The summed E-state index contributed by atoms with van der Waals surface area (Å²) in [5.74, 6) is -0.274. The Kier molecular flexibility index (Phi) is 4.71. The van der Waals surface area contributed by atoms with E-state index in [1.807, 2.05) is 49.7 Å². The Balaban J connectivity index is 1.73. The smallest absolute Gasteiger partial charge is 0.280 e. The molecule has 0 radical (unpaired) electrons. The SMILES string of the molecule is CCN1C(=O)C(C)(C(=O)NCCn2nc(C)cc2C)Oc2ccccc21. The van der Waals surface area contributed by atoms with Crippen molar-refractivity contribution in [2.75, 3.05) is 18.0 Å². The Bertz CT molecular complexity index is 845. The summed E-state index contributed by atoms with van der Waals surface area (Å²) >= 11 is 0. The maximum absolute atomic E-state index is 12.9. The van der Waals surface area contributed by atoms with Crippen LogP contribution in [0.25, 0.3) is 0 Å². The first-order valence-corrected chi connectivity index (χ1v) is 8.76. The van der Waals surface area contributed by atoms with Crippen molar-refractivity contribution in [3.8, 4) is 5.75 Å². The monoisotopic (exact) mass is 356 g/mol. The number of benzene rings is 1. The van der Waals surface area contributed by atoms with Gasteiger partial charge in [-0.05, 0) is 45.9 Å². The number of ether oxygens (including phenoxy) is 1. The second-order valence-electron chi connectivity index (χ2n) is 6.56. The van der Waals surface area contributed by atoms with Gasteiger partial charge in [0.25, 0.3) is 17.4 Å². The van der Waals surface area contributed by atoms with Gasteiger partial charge in [0.1, 0.15) is 5.75 Å². The van der Waals surface area contributed by atoms with E-state index in [9.17, 15) is 9.59 Å². The number of aryl methyl sites for hydroxylation is 2. The first-order valence-electron chi connectivity index (χ1n) is 8.76. The van der Waals surface area contributed by atoms with Gasteiger partial charge in [0, 0.05) is 18.8 Å². The first-order chi connectivity index (χ1) is 12.4. The fraction of sp³-hybridized carbons (Fsp3) is 0.421. The maximum atomic E-state index is 12.9. The highest BCUT2D eigenvalue weighted by Gasteiger charge is 2.50. The number of para-hydroxylation sites is 2. The summed E-state index contributed by atoms with van der Waals surface area (Å²) in [5, 5.41) is 7.18. The van der Waals surface area contributed by atoms with Crippen LogP contribution in [-0.2, 0) is 16.1 Å². The van der Waals surface area contributed by atoms with E-state index in [0.717, 1.165) is 11.4 Å². The molecule has 1 aliphatic heterocycles. The topological polar surface area (TPSA) is 76.5 Å². The summed E-state index contributed by atoms with van der Waals surface area (Å²) < 4.78 is 7.66. The van der Waals surface area contributed by atoms with Gasteiger partial charge >= 0.3 is 0 Å². The number of anilines is 1. The van der Waals surface area contributed by atoms with Crippen LogP contribution in [0.2, 0.25) is 0 Å². The van der Waals surface area contributed by atoms with Crippen LogP contribution in [-0.4, -0.2) is 40.3 Å². The van der Waals surface area contributed by atoms with Crippen molar-refractivity contribution < 1.29 is 14.3 Å². The molecule has 1 N–H and O–H groups in total. The molecule has 0 saturated heterocycles. The third kappa shape index (κ3) is 3.05. The van der Waals surface area contributed by atoms with Gasteiger partial charge in [0.05, 0.1) is 17.9 Å². The molecule has 26 heavy (non-hydrogen) atoms. The zero-order chi connectivity index (χ0) is 18.9. The summed E-state index contributed by atoms with van der Waals surface area (Å²) in [6.45, 7) is 8.65. The summed E-state index contributed by atoms with van der Waals surface area (Å²) in [4.78, 5) is 27.2. The molecule has 0 spiro atoms. The number of rotatable bonds is 5. The highest BCUT2D eigenvalue weighted by Crippen LogP contribution is 2.37. The van der Waals surface area contributed by atoms with E-state index in [1.165, 1.54) is 6.92 Å². The van der Waals surface area contributed by atoms with Gasteiger partial charge in [-0.1, -0.05) is 12.1 Å². The predicted molar refractivity (Wildman–Crippen MR) is 98.2 cm³/mol. The zero-order valence-electron chi connectivity index (χ0n) is 15.6. The molecule has 1 aliphatic rings. The summed E-state index contributed by atoms with van der Waals surface area (Å²) in [6.07, 6.45) is 0. The Morgan fingerprint density at radius 1 is 1.31 bits per heavy atom. The molecule has 0 bridgehead atoms. The number of amides is 2. The predicted octanol–water partition coefficient (Wildman–Crippen LogP) is 1.82. The summed E-state index contributed by atoms with van der Waals surface area (Å²) in [6, 6.07) is 9.23. The Hall–Kier alpha value is -2.83. The number of likely N-dealkylation sites (N-methyl/N-ethyl adjacent to an activating group) is 1. The average Bonchev–Trinajstić information content (AvgIpc) is 2.93. The van der Waals surface area contributed by atoms with Crippen molar-refractivity contribution >= 4 is 17.5 Å². The van der Waals surface area contributed by atoms with Crippen molar-refractivity contribution in [2.45, 2.75) is 39.8 Å². The van der Waals surface area contributed by atoms with Crippen LogP contribution in [0, 0.1) is 13.8 Å². The number of fused-ring (bicyclic) bond motifs is 1. The molecule has 7 nitrogen and oxygen atoms in total. The van der Waals surface area contributed by atoms with Crippen molar-refractivity contribution in [3.05, 3.63) is 41.7 Å². The van der Waals surface area contributed by atoms with Gasteiger partial charge in [-0.15, -0.1) is 0 Å². The lowest BCUT2D eigenvalue weighted by atomic mass is 10.00. The maximum Gasteiger partial charge on any atom is 0.280 e. The molecule has 1 atom stereocenters. The molecule has 2 amide bonds. The molecule has 138 valence electrons. The normalized spacial score (nSPS) is 19.1. The minimum Gasteiger partial charge on any atom is -0.466 e. The molecule has 1 aromatic heterocycles. The van der Waals surface area contributed by atoms with E-state index >= 15 is 0 Å². The van der Waals surface area contributed by atoms with E-state index in [-0.39, 0.29) is 5.91 Å². The molecule has 2 heterocycles. The van der Waals surface area contributed by atoms with Crippen LogP contribution in [0.5, 0.6) is 5.75 Å². The lowest BCUT2D eigenvalue weighted by Crippen LogP contribution is -2.62. The number of carbonyl (C=O) groups excluding carboxylic acids is 2. The first kappa shape index (κ1) is 18.0. The van der Waals surface area contributed by atoms with Gasteiger partial charge in [0.2, 0.25) is 0 Å². The molecule has 0 aliphatic carbocycles. The second kappa shape index (κ2) is 6.82. The molecule has 3 rings (SSSR count). The van der Waals surface area contributed by atoms with Gasteiger partial charge in [-0.25, -0.2) is 0 Å². The van der Waals surface area contributed by atoms with Crippen LogP contribution in [0.3, 0.4) is 0 Å². The van der Waals surface area contributed by atoms with E-state index in [4.69, 9.17) is 4.74 Å². The fourth-order valence-corrected chi connectivity index (χ4v) is 3.20. The number of nitrogens with zero attached hydrogens (tertiary/aromatic N) is 3. The van der Waals surface area contributed by atoms with Crippen LogP contribution in [0.1, 0.15) is 25.2 Å². The summed E-state index contributed by atoms with van der Waals surface area (Å²) in [7, 11) is 0. The highest BCUT2D eigenvalue weighted by molar-refractivity contribution is 6.16. The van der Waals surface area contributed by atoms with Gasteiger partial charge in [-0.3, -0.25) is 14.3 Å². The molecular weight excluding hydrogens is 332 g/mol. The molecule has 0 saturated carbocycles. The fourth-order valence-electron chi connectivity index (χ4n) is 3.20. The lowest BCUT2D eigenvalue weighted by molar-refractivity contribution is -0.148. The van der Waals surface area contributed by atoms with E-state index in [2.05, 4.69) is 10.4 Å². The van der Waals surface area contributed by atoms with E-state index in [1.54, 1.807) is 11.0 Å².